The van der Waals surface area contributed by atoms with Gasteiger partial charge >= 0.3 is 0 Å². The maximum atomic E-state index is 12.2. The molecule has 0 saturated carbocycles. The Bertz CT molecular complexity index is 938. The highest BCUT2D eigenvalue weighted by Gasteiger charge is 2.19. The first-order valence-electron chi connectivity index (χ1n) is 9.85. The Kier molecular flexibility index (Phi) is 7.30. The summed E-state index contributed by atoms with van der Waals surface area (Å²) in [5.74, 6) is 0.837. The molecule has 0 atom stereocenters. The molecule has 1 aliphatic rings. The molecule has 3 N–H and O–H groups in total. The first-order valence-corrected chi connectivity index (χ1v) is 11.4. The largest absolute Gasteiger partial charge is 0.497 e. The zero-order chi connectivity index (χ0) is 21.6. The lowest BCUT2D eigenvalue weighted by molar-refractivity contribution is -0.122. The Balaban J connectivity index is 1.37. The van der Waals surface area contributed by atoms with Gasteiger partial charge in [0, 0.05) is 38.4 Å². The number of rotatable bonds is 8. The van der Waals surface area contributed by atoms with Gasteiger partial charge in [-0.2, -0.15) is 0 Å². The standard InChI is InChI=1S/C21H28N4O4S/c1-29-19-6-4-18(5-7-19)25-14-12-24(13-15-25)16-21(26)23-11-10-17-2-8-20(9-3-17)30(22,27)28/h2-9H,10-16H2,1H3,(H,23,26)(H2,22,27,28). The lowest BCUT2D eigenvalue weighted by Crippen LogP contribution is -2.49. The molecular formula is C21H28N4O4S. The molecule has 3 rings (SSSR count). The summed E-state index contributed by atoms with van der Waals surface area (Å²) in [6, 6.07) is 14.4. The SMILES string of the molecule is COc1ccc(N2CCN(CC(=O)NCCc3ccc(S(N)(=O)=O)cc3)CC2)cc1. The van der Waals surface area contributed by atoms with Gasteiger partial charge in [-0.05, 0) is 48.4 Å². The van der Waals surface area contributed by atoms with E-state index in [1.165, 1.54) is 12.1 Å². The van der Waals surface area contributed by atoms with Crippen molar-refractivity contribution in [1.29, 1.82) is 0 Å². The minimum Gasteiger partial charge on any atom is -0.497 e. The third-order valence-corrected chi connectivity index (χ3v) is 6.09. The highest BCUT2D eigenvalue weighted by Crippen LogP contribution is 2.20. The van der Waals surface area contributed by atoms with Crippen molar-refractivity contribution in [3.05, 3.63) is 54.1 Å². The number of nitrogens with two attached hydrogens (primary N) is 1. The number of nitrogens with one attached hydrogen (secondary N) is 1. The second-order valence-corrected chi connectivity index (χ2v) is 8.81. The highest BCUT2D eigenvalue weighted by atomic mass is 32.2. The van der Waals surface area contributed by atoms with Gasteiger partial charge in [0.05, 0.1) is 18.6 Å². The van der Waals surface area contributed by atoms with Crippen LogP contribution in [-0.4, -0.2) is 65.6 Å². The predicted octanol–water partition coefficient (Wildman–Crippen LogP) is 0.824. The molecule has 30 heavy (non-hydrogen) atoms. The summed E-state index contributed by atoms with van der Waals surface area (Å²) < 4.78 is 27.7. The molecule has 0 spiro atoms. The fraction of sp³-hybridized carbons (Fsp3) is 0.381. The van der Waals surface area contributed by atoms with Gasteiger partial charge in [-0.25, -0.2) is 13.6 Å². The zero-order valence-corrected chi connectivity index (χ0v) is 17.9. The van der Waals surface area contributed by atoms with Gasteiger partial charge in [0.15, 0.2) is 0 Å². The fourth-order valence-electron chi connectivity index (χ4n) is 3.41. The van der Waals surface area contributed by atoms with E-state index in [-0.39, 0.29) is 10.8 Å². The van der Waals surface area contributed by atoms with E-state index in [1.807, 2.05) is 12.1 Å². The Hall–Kier alpha value is -2.62. The van der Waals surface area contributed by atoms with Crippen LogP contribution in [0, 0.1) is 0 Å². The number of carbonyl (C=O) groups excluding carboxylic acids is 1. The van der Waals surface area contributed by atoms with Crippen LogP contribution in [0.2, 0.25) is 0 Å². The topological polar surface area (TPSA) is 105 Å². The summed E-state index contributed by atoms with van der Waals surface area (Å²) in [6.45, 7) is 4.27. The van der Waals surface area contributed by atoms with E-state index in [1.54, 1.807) is 19.2 Å². The van der Waals surface area contributed by atoms with Crippen LogP contribution in [0.3, 0.4) is 0 Å². The van der Waals surface area contributed by atoms with E-state index in [0.717, 1.165) is 43.2 Å². The molecule has 8 nitrogen and oxygen atoms in total. The maximum Gasteiger partial charge on any atom is 0.238 e. The number of ether oxygens (including phenoxy) is 1. The normalized spacial score (nSPS) is 15.1. The average molecular weight is 433 g/mol. The van der Waals surface area contributed by atoms with Crippen molar-refractivity contribution < 1.29 is 17.9 Å². The van der Waals surface area contributed by atoms with Crippen molar-refractivity contribution >= 4 is 21.6 Å². The maximum absolute atomic E-state index is 12.2. The van der Waals surface area contributed by atoms with Gasteiger partial charge in [-0.3, -0.25) is 9.69 Å². The Morgan fingerprint density at radius 3 is 2.23 bits per heavy atom. The number of methoxy groups -OCH3 is 1. The lowest BCUT2D eigenvalue weighted by Gasteiger charge is -2.35. The first-order chi connectivity index (χ1) is 14.3. The van der Waals surface area contributed by atoms with Gasteiger partial charge in [0.25, 0.3) is 0 Å². The summed E-state index contributed by atoms with van der Waals surface area (Å²) in [5, 5.41) is 8.02. The van der Waals surface area contributed by atoms with Crippen LogP contribution >= 0.6 is 0 Å². The van der Waals surface area contributed by atoms with Crippen LogP contribution in [0.4, 0.5) is 5.69 Å². The zero-order valence-electron chi connectivity index (χ0n) is 17.1. The summed E-state index contributed by atoms with van der Waals surface area (Å²) >= 11 is 0. The molecular weight excluding hydrogens is 404 g/mol. The van der Waals surface area contributed by atoms with Crippen LogP contribution in [0.1, 0.15) is 5.56 Å². The number of carbonyl (C=O) groups is 1. The first kappa shape index (κ1) is 22.1. The molecule has 0 bridgehead atoms. The molecule has 1 aliphatic heterocycles. The molecule has 0 radical (unpaired) electrons. The van der Waals surface area contributed by atoms with E-state index in [0.29, 0.717) is 19.5 Å². The molecule has 1 heterocycles. The van der Waals surface area contributed by atoms with Crippen LogP contribution in [0.25, 0.3) is 0 Å². The monoisotopic (exact) mass is 432 g/mol. The molecule has 2 aromatic carbocycles. The summed E-state index contributed by atoms with van der Waals surface area (Å²) in [4.78, 5) is 16.8. The van der Waals surface area contributed by atoms with Crippen LogP contribution < -0.4 is 20.1 Å². The number of sulfonamides is 1. The van der Waals surface area contributed by atoms with Gasteiger partial charge in [0.2, 0.25) is 15.9 Å². The molecule has 1 amide bonds. The number of piperazine rings is 1. The number of hydrogen-bond donors (Lipinski definition) is 2. The molecule has 0 aliphatic carbocycles. The smallest absolute Gasteiger partial charge is 0.238 e. The Morgan fingerprint density at radius 2 is 1.67 bits per heavy atom. The van der Waals surface area contributed by atoms with E-state index in [4.69, 9.17) is 9.88 Å². The summed E-state index contributed by atoms with van der Waals surface area (Å²) in [6.07, 6.45) is 0.627. The molecule has 9 heteroatoms. The number of nitrogens with zero attached hydrogens (tertiary/aromatic N) is 2. The number of amides is 1. The predicted molar refractivity (Wildman–Crippen MR) is 116 cm³/mol. The van der Waals surface area contributed by atoms with Crippen LogP contribution in [0.15, 0.2) is 53.4 Å². The second-order valence-electron chi connectivity index (χ2n) is 7.25. The van der Waals surface area contributed by atoms with E-state index >= 15 is 0 Å². The third kappa shape index (κ3) is 6.19. The van der Waals surface area contributed by atoms with Crippen molar-refractivity contribution in [3.63, 3.8) is 0 Å². The van der Waals surface area contributed by atoms with Crippen LogP contribution in [0.5, 0.6) is 5.75 Å². The average Bonchev–Trinajstić information content (AvgIpc) is 2.74. The lowest BCUT2D eigenvalue weighted by atomic mass is 10.1. The van der Waals surface area contributed by atoms with Crippen molar-refractivity contribution in [3.8, 4) is 5.75 Å². The van der Waals surface area contributed by atoms with E-state index in [2.05, 4.69) is 27.2 Å². The third-order valence-electron chi connectivity index (χ3n) is 5.16. The molecule has 0 aromatic heterocycles. The molecule has 1 fully saturated rings. The van der Waals surface area contributed by atoms with Gasteiger partial charge in [-0.15, -0.1) is 0 Å². The minimum absolute atomic E-state index is 0.00551. The van der Waals surface area contributed by atoms with Gasteiger partial charge in [-0.1, -0.05) is 12.1 Å². The molecule has 0 unspecified atom stereocenters. The quantitative estimate of drug-likeness (QED) is 0.640. The number of hydrogen-bond acceptors (Lipinski definition) is 6. The summed E-state index contributed by atoms with van der Waals surface area (Å²) in [5.41, 5.74) is 2.10. The van der Waals surface area contributed by atoms with Crippen molar-refractivity contribution in [2.45, 2.75) is 11.3 Å². The second kappa shape index (κ2) is 9.92. The minimum atomic E-state index is -3.68. The van der Waals surface area contributed by atoms with Crippen LogP contribution in [-0.2, 0) is 21.2 Å². The highest BCUT2D eigenvalue weighted by molar-refractivity contribution is 7.89. The van der Waals surface area contributed by atoms with Gasteiger partial charge in [0.1, 0.15) is 5.75 Å². The van der Waals surface area contributed by atoms with E-state index < -0.39 is 10.0 Å². The summed E-state index contributed by atoms with van der Waals surface area (Å²) in [7, 11) is -2.02. The van der Waals surface area contributed by atoms with Crippen molar-refractivity contribution in [2.24, 2.45) is 5.14 Å². The molecule has 2 aromatic rings. The fourth-order valence-corrected chi connectivity index (χ4v) is 3.92. The Morgan fingerprint density at radius 1 is 1.03 bits per heavy atom. The van der Waals surface area contributed by atoms with Crippen molar-refractivity contribution in [2.75, 3.05) is 51.3 Å². The number of benzene rings is 2. The van der Waals surface area contributed by atoms with Gasteiger partial charge < -0.3 is 15.0 Å². The van der Waals surface area contributed by atoms with Crippen molar-refractivity contribution in [1.82, 2.24) is 10.2 Å². The Labute approximate surface area is 177 Å². The number of primary sulfonamides is 1. The molecule has 1 saturated heterocycles. The molecule has 162 valence electrons. The van der Waals surface area contributed by atoms with E-state index in [9.17, 15) is 13.2 Å². The number of anilines is 1.